The Hall–Kier alpha value is -2.57. The normalized spacial score (nSPS) is 14.9. The van der Waals surface area contributed by atoms with Gasteiger partial charge in [0.1, 0.15) is 18.4 Å². The highest BCUT2D eigenvalue weighted by atomic mass is 16.5. The number of amides is 2. The minimum Gasteiger partial charge on any atom is -0.493 e. The summed E-state index contributed by atoms with van der Waals surface area (Å²) in [6.07, 6.45) is 5.62. The summed E-state index contributed by atoms with van der Waals surface area (Å²) in [7, 11) is 0. The second-order valence-corrected chi connectivity index (χ2v) is 6.21. The molecule has 1 atom stereocenters. The van der Waals surface area contributed by atoms with Crippen LogP contribution in [-0.2, 0) is 13.1 Å². The van der Waals surface area contributed by atoms with Gasteiger partial charge in [0.2, 0.25) is 0 Å². The smallest absolute Gasteiger partial charge is 0.315 e. The third kappa shape index (κ3) is 4.97. The van der Waals surface area contributed by atoms with E-state index in [-0.39, 0.29) is 12.1 Å². The van der Waals surface area contributed by atoms with Crippen LogP contribution < -0.4 is 15.4 Å². The number of carbonyl (C=O) groups excluding carboxylic acids is 1. The molecule has 1 aromatic heterocycles. The van der Waals surface area contributed by atoms with Gasteiger partial charge in [0.05, 0.1) is 13.2 Å². The van der Waals surface area contributed by atoms with Crippen molar-refractivity contribution in [2.24, 2.45) is 5.92 Å². The molecule has 128 valence electrons. The molecule has 1 fully saturated rings. The molecule has 0 bridgehead atoms. The van der Waals surface area contributed by atoms with Crippen LogP contribution in [0.5, 0.6) is 5.75 Å². The third-order valence-corrected chi connectivity index (χ3v) is 3.89. The van der Waals surface area contributed by atoms with E-state index in [4.69, 9.17) is 4.74 Å². The Morgan fingerprint density at radius 1 is 1.42 bits per heavy atom. The van der Waals surface area contributed by atoms with Crippen molar-refractivity contribution in [1.82, 2.24) is 25.4 Å². The monoisotopic (exact) mass is 329 g/mol. The van der Waals surface area contributed by atoms with Crippen LogP contribution in [0.2, 0.25) is 0 Å². The van der Waals surface area contributed by atoms with Crippen molar-refractivity contribution in [2.45, 2.75) is 38.9 Å². The van der Waals surface area contributed by atoms with Gasteiger partial charge in [0.15, 0.2) is 0 Å². The van der Waals surface area contributed by atoms with Crippen LogP contribution in [0, 0.1) is 5.92 Å². The van der Waals surface area contributed by atoms with E-state index in [9.17, 15) is 4.79 Å². The van der Waals surface area contributed by atoms with E-state index in [1.165, 1.54) is 19.2 Å². The number of urea groups is 1. The molecule has 0 radical (unpaired) electrons. The first-order chi connectivity index (χ1) is 11.7. The second-order valence-electron chi connectivity index (χ2n) is 6.21. The van der Waals surface area contributed by atoms with E-state index >= 15 is 0 Å². The Morgan fingerprint density at radius 3 is 3.00 bits per heavy atom. The molecule has 2 amide bonds. The maximum absolute atomic E-state index is 12.0. The first kappa shape index (κ1) is 16.3. The molecule has 2 N–H and O–H groups in total. The lowest BCUT2D eigenvalue weighted by Gasteiger charge is -2.15. The molecule has 1 aliphatic rings. The fourth-order valence-electron chi connectivity index (χ4n) is 2.39. The van der Waals surface area contributed by atoms with Crippen LogP contribution in [0.15, 0.2) is 36.9 Å². The number of aromatic nitrogens is 3. The van der Waals surface area contributed by atoms with Crippen molar-refractivity contribution in [3.05, 3.63) is 42.5 Å². The van der Waals surface area contributed by atoms with Crippen LogP contribution in [0.1, 0.15) is 25.3 Å². The molecule has 2 aromatic rings. The maximum atomic E-state index is 12.0. The second kappa shape index (κ2) is 7.81. The molecule has 24 heavy (non-hydrogen) atoms. The summed E-state index contributed by atoms with van der Waals surface area (Å²) in [5.74, 6) is 1.55. The Kier molecular flexibility index (Phi) is 5.30. The lowest BCUT2D eigenvalue weighted by atomic mass is 10.2. The highest BCUT2D eigenvalue weighted by Crippen LogP contribution is 2.30. The first-order valence-corrected chi connectivity index (χ1v) is 8.28. The fourth-order valence-corrected chi connectivity index (χ4v) is 2.39. The van der Waals surface area contributed by atoms with Crippen molar-refractivity contribution in [3.8, 4) is 5.75 Å². The van der Waals surface area contributed by atoms with Gasteiger partial charge < -0.3 is 15.4 Å². The summed E-state index contributed by atoms with van der Waals surface area (Å²) in [5, 5.41) is 9.79. The van der Waals surface area contributed by atoms with Gasteiger partial charge in [-0.25, -0.2) is 9.78 Å². The van der Waals surface area contributed by atoms with Crippen molar-refractivity contribution in [3.63, 3.8) is 0 Å². The van der Waals surface area contributed by atoms with Gasteiger partial charge in [-0.2, -0.15) is 5.10 Å². The lowest BCUT2D eigenvalue weighted by molar-refractivity contribution is 0.235. The zero-order chi connectivity index (χ0) is 16.8. The van der Waals surface area contributed by atoms with Crippen molar-refractivity contribution >= 4 is 6.03 Å². The molecule has 7 heteroatoms. The number of carbonyl (C=O) groups is 1. The van der Waals surface area contributed by atoms with Gasteiger partial charge in [0, 0.05) is 18.2 Å². The van der Waals surface area contributed by atoms with Crippen LogP contribution in [0.4, 0.5) is 4.79 Å². The van der Waals surface area contributed by atoms with Crippen LogP contribution in [-0.4, -0.2) is 33.4 Å². The summed E-state index contributed by atoms with van der Waals surface area (Å²) in [6.45, 7) is 3.70. The average Bonchev–Trinajstić information content (AvgIpc) is 3.27. The predicted molar refractivity (Wildman–Crippen MR) is 89.5 cm³/mol. The van der Waals surface area contributed by atoms with Crippen LogP contribution >= 0.6 is 0 Å². The van der Waals surface area contributed by atoms with Crippen LogP contribution in [0.25, 0.3) is 0 Å². The van der Waals surface area contributed by atoms with Gasteiger partial charge in [-0.1, -0.05) is 18.2 Å². The number of nitrogens with one attached hydrogen (secondary N) is 2. The van der Waals surface area contributed by atoms with Crippen LogP contribution in [0.3, 0.4) is 0 Å². The van der Waals surface area contributed by atoms with E-state index in [2.05, 4.69) is 20.7 Å². The van der Waals surface area contributed by atoms with E-state index in [1.807, 2.05) is 31.2 Å². The molecule has 0 spiro atoms. The number of nitrogens with zero attached hydrogens (tertiary/aromatic N) is 3. The third-order valence-electron chi connectivity index (χ3n) is 3.89. The average molecular weight is 329 g/mol. The number of para-hydroxylation sites is 1. The van der Waals surface area contributed by atoms with E-state index in [1.54, 1.807) is 11.0 Å². The minimum atomic E-state index is -0.209. The van der Waals surface area contributed by atoms with Gasteiger partial charge in [-0.15, -0.1) is 0 Å². The molecule has 3 rings (SSSR count). The van der Waals surface area contributed by atoms with Crippen molar-refractivity contribution in [1.29, 1.82) is 0 Å². The highest BCUT2D eigenvalue weighted by Gasteiger charge is 2.22. The van der Waals surface area contributed by atoms with Gasteiger partial charge >= 0.3 is 6.03 Å². The Labute approximate surface area is 141 Å². The molecule has 0 aliphatic heterocycles. The quantitative estimate of drug-likeness (QED) is 0.776. The minimum absolute atomic E-state index is 0.0481. The van der Waals surface area contributed by atoms with E-state index in [0.29, 0.717) is 19.0 Å². The van der Waals surface area contributed by atoms with E-state index in [0.717, 1.165) is 17.9 Å². The molecule has 7 nitrogen and oxygen atoms in total. The number of hydrogen-bond acceptors (Lipinski definition) is 4. The number of rotatable bonds is 8. The highest BCUT2D eigenvalue weighted by molar-refractivity contribution is 5.74. The molecular weight excluding hydrogens is 306 g/mol. The lowest BCUT2D eigenvalue weighted by Crippen LogP contribution is -2.42. The first-order valence-electron chi connectivity index (χ1n) is 8.28. The summed E-state index contributed by atoms with van der Waals surface area (Å²) in [4.78, 5) is 15.9. The summed E-state index contributed by atoms with van der Waals surface area (Å²) in [6, 6.07) is 7.57. The van der Waals surface area contributed by atoms with Crippen molar-refractivity contribution < 1.29 is 9.53 Å². The number of ether oxygens (including phenoxy) is 1. The zero-order valence-corrected chi connectivity index (χ0v) is 13.8. The Balaban J connectivity index is 1.45. The zero-order valence-electron chi connectivity index (χ0n) is 13.8. The molecule has 1 unspecified atom stereocenters. The molecule has 1 aliphatic carbocycles. The predicted octanol–water partition coefficient (Wildman–Crippen LogP) is 1.95. The Bertz CT molecular complexity index is 655. The number of benzene rings is 1. The fraction of sp³-hybridized carbons (Fsp3) is 0.471. The molecule has 0 saturated heterocycles. The van der Waals surface area contributed by atoms with Gasteiger partial charge in [-0.05, 0) is 31.7 Å². The molecule has 1 aromatic carbocycles. The standard InChI is InChI=1S/C17H23N5O2/c1-13(9-22-12-18-11-20-22)21-17(23)19-8-15-4-2-3-5-16(15)24-10-14-6-7-14/h2-5,11-14H,6-10H2,1H3,(H2,19,21,23). The maximum Gasteiger partial charge on any atom is 0.315 e. The summed E-state index contributed by atoms with van der Waals surface area (Å²) >= 11 is 0. The van der Waals surface area contributed by atoms with Crippen molar-refractivity contribution in [2.75, 3.05) is 6.61 Å². The summed E-state index contributed by atoms with van der Waals surface area (Å²) in [5.41, 5.74) is 0.984. The molecule has 1 heterocycles. The topological polar surface area (TPSA) is 81.1 Å². The van der Waals surface area contributed by atoms with Gasteiger partial charge in [0.25, 0.3) is 0 Å². The summed E-state index contributed by atoms with van der Waals surface area (Å²) < 4.78 is 7.54. The van der Waals surface area contributed by atoms with Gasteiger partial charge in [-0.3, -0.25) is 4.68 Å². The SMILES string of the molecule is CC(Cn1cncn1)NC(=O)NCc1ccccc1OCC1CC1. The van der Waals surface area contributed by atoms with E-state index < -0.39 is 0 Å². The number of hydrogen-bond donors (Lipinski definition) is 2. The Morgan fingerprint density at radius 2 is 2.25 bits per heavy atom. The molecule has 1 saturated carbocycles. The molecular formula is C17H23N5O2. The largest absolute Gasteiger partial charge is 0.493 e.